The summed E-state index contributed by atoms with van der Waals surface area (Å²) in [4.78, 5) is 28.2. The highest BCUT2D eigenvalue weighted by Gasteiger charge is 2.24. The molecule has 132 valence electrons. The first kappa shape index (κ1) is 17.8. The van der Waals surface area contributed by atoms with E-state index in [9.17, 15) is 9.59 Å². The van der Waals surface area contributed by atoms with Crippen LogP contribution < -0.4 is 15.8 Å². The van der Waals surface area contributed by atoms with Gasteiger partial charge < -0.3 is 15.8 Å². The molecule has 3 N–H and O–H groups in total. The van der Waals surface area contributed by atoms with Gasteiger partial charge in [-0.3, -0.25) is 9.59 Å². The maximum atomic E-state index is 12.2. The van der Waals surface area contributed by atoms with Gasteiger partial charge in [0.2, 0.25) is 0 Å². The highest BCUT2D eigenvalue weighted by molar-refractivity contribution is 8.18. The molecule has 2 aromatic carbocycles. The Kier molecular flexibility index (Phi) is 5.38. The number of rotatable bonds is 5. The molecule has 0 radical (unpaired) electrons. The van der Waals surface area contributed by atoms with Crippen LogP contribution in [0.4, 0.5) is 5.69 Å². The third kappa shape index (κ3) is 4.31. The van der Waals surface area contributed by atoms with Gasteiger partial charge in [0, 0.05) is 5.56 Å². The molecule has 0 aliphatic carbocycles. The topological polar surface area (TPSA) is 93.8 Å². The van der Waals surface area contributed by atoms with Crippen molar-refractivity contribution >= 4 is 40.5 Å². The van der Waals surface area contributed by atoms with Gasteiger partial charge in [0.1, 0.15) is 5.75 Å². The van der Waals surface area contributed by atoms with E-state index in [1.807, 2.05) is 37.3 Å². The summed E-state index contributed by atoms with van der Waals surface area (Å²) in [6.45, 7) is 1.74. The Morgan fingerprint density at radius 1 is 1.23 bits per heavy atom. The zero-order valence-corrected chi connectivity index (χ0v) is 14.9. The number of amides is 2. The number of para-hydroxylation sites is 2. The molecule has 1 heterocycles. The lowest BCUT2D eigenvalue weighted by Crippen LogP contribution is -2.20. The van der Waals surface area contributed by atoms with Crippen LogP contribution in [0.5, 0.6) is 5.75 Å². The van der Waals surface area contributed by atoms with Gasteiger partial charge in [-0.2, -0.15) is 0 Å². The lowest BCUT2D eigenvalue weighted by molar-refractivity contribution is -0.120. The fourth-order valence-corrected chi connectivity index (χ4v) is 3.13. The average molecular weight is 367 g/mol. The number of carbonyl (C=O) groups excluding carboxylic acids is 2. The smallest absolute Gasteiger partial charge is 0.264 e. The molecule has 1 aliphatic heterocycles. The van der Waals surface area contributed by atoms with Crippen molar-refractivity contribution in [2.24, 2.45) is 10.7 Å². The van der Waals surface area contributed by atoms with Crippen molar-refractivity contribution in [3.8, 4) is 5.75 Å². The fraction of sp³-hybridized carbons (Fsp3) is 0.105. The second-order valence-electron chi connectivity index (χ2n) is 5.56. The number of nitrogens with one attached hydrogen (secondary N) is 1. The number of ether oxygens (including phenoxy) is 1. The monoisotopic (exact) mass is 367 g/mol. The quantitative estimate of drug-likeness (QED) is 0.795. The Labute approximate surface area is 155 Å². The van der Waals surface area contributed by atoms with Gasteiger partial charge in [-0.15, -0.1) is 0 Å². The van der Waals surface area contributed by atoms with Crippen molar-refractivity contribution in [3.05, 3.63) is 64.6 Å². The number of aryl methyl sites for hydroxylation is 1. The predicted molar refractivity (Wildman–Crippen MR) is 103 cm³/mol. The van der Waals surface area contributed by atoms with E-state index in [0.717, 1.165) is 11.3 Å². The minimum absolute atomic E-state index is 0.223. The maximum Gasteiger partial charge on any atom is 0.264 e. The van der Waals surface area contributed by atoms with E-state index in [4.69, 9.17) is 10.5 Å². The van der Waals surface area contributed by atoms with Gasteiger partial charge in [-0.25, -0.2) is 4.99 Å². The van der Waals surface area contributed by atoms with Crippen molar-refractivity contribution in [2.45, 2.75) is 6.92 Å². The molecule has 6 nitrogen and oxygen atoms in total. The number of nitrogens with zero attached hydrogens (tertiary/aromatic N) is 1. The van der Waals surface area contributed by atoms with E-state index < -0.39 is 5.91 Å². The molecule has 7 heteroatoms. The first-order valence-electron chi connectivity index (χ1n) is 7.88. The van der Waals surface area contributed by atoms with Gasteiger partial charge in [0.25, 0.3) is 11.8 Å². The molecule has 0 atom stereocenters. The number of benzene rings is 2. The molecule has 2 aromatic rings. The van der Waals surface area contributed by atoms with E-state index in [2.05, 4.69) is 10.3 Å². The molecular weight excluding hydrogens is 350 g/mol. The summed E-state index contributed by atoms with van der Waals surface area (Å²) < 4.78 is 5.39. The summed E-state index contributed by atoms with van der Waals surface area (Å²) >= 11 is 1.25. The third-order valence-corrected chi connectivity index (χ3v) is 4.47. The summed E-state index contributed by atoms with van der Waals surface area (Å²) in [5, 5.41) is 3.28. The molecular formula is C19H17N3O3S. The van der Waals surface area contributed by atoms with E-state index in [-0.39, 0.29) is 12.5 Å². The van der Waals surface area contributed by atoms with Crippen LogP contribution in [0.25, 0.3) is 6.08 Å². The largest absolute Gasteiger partial charge is 0.483 e. The van der Waals surface area contributed by atoms with Crippen molar-refractivity contribution < 1.29 is 14.3 Å². The Bertz CT molecular complexity index is 922. The number of thioether (sulfide) groups is 1. The maximum absolute atomic E-state index is 12.2. The first-order valence-corrected chi connectivity index (χ1v) is 8.70. The van der Waals surface area contributed by atoms with Crippen molar-refractivity contribution in [1.29, 1.82) is 0 Å². The second-order valence-corrected chi connectivity index (χ2v) is 6.59. The predicted octanol–water partition coefficient (Wildman–Crippen LogP) is 2.75. The van der Waals surface area contributed by atoms with Crippen molar-refractivity contribution in [2.75, 3.05) is 6.61 Å². The summed E-state index contributed by atoms with van der Waals surface area (Å²) in [5.74, 6) is -0.309. The summed E-state index contributed by atoms with van der Waals surface area (Å²) in [6.07, 6.45) is 1.71. The molecule has 2 amide bonds. The lowest BCUT2D eigenvalue weighted by Gasteiger charge is -2.07. The lowest BCUT2D eigenvalue weighted by atomic mass is 10.2. The standard InChI is InChI=1S/C19H17N3O3S/c1-12-6-2-4-8-14(12)21-19-22-18(24)16(26-19)10-13-7-3-5-9-15(13)25-11-17(20)23/h2-10H,11H2,1H3,(H2,20,23)(H,21,22,24)/b16-10-. The number of nitrogens with two attached hydrogens (primary N) is 1. The Morgan fingerprint density at radius 2 is 1.96 bits per heavy atom. The van der Waals surface area contributed by atoms with Crippen LogP contribution in [0.2, 0.25) is 0 Å². The molecule has 26 heavy (non-hydrogen) atoms. The van der Waals surface area contributed by atoms with Crippen LogP contribution in [0.1, 0.15) is 11.1 Å². The Morgan fingerprint density at radius 3 is 2.73 bits per heavy atom. The van der Waals surface area contributed by atoms with Crippen LogP contribution in [0.15, 0.2) is 58.4 Å². The van der Waals surface area contributed by atoms with Gasteiger partial charge >= 0.3 is 0 Å². The minimum atomic E-state index is -0.562. The average Bonchev–Trinajstić information content (AvgIpc) is 2.95. The van der Waals surface area contributed by atoms with Crippen LogP contribution in [0, 0.1) is 6.92 Å². The summed E-state index contributed by atoms with van der Waals surface area (Å²) in [5.41, 5.74) is 7.63. The van der Waals surface area contributed by atoms with E-state index in [1.54, 1.807) is 24.3 Å². The highest BCUT2D eigenvalue weighted by atomic mass is 32.2. The molecule has 1 fully saturated rings. The number of carbonyl (C=O) groups is 2. The van der Waals surface area contributed by atoms with Crippen molar-refractivity contribution in [3.63, 3.8) is 0 Å². The van der Waals surface area contributed by atoms with Crippen molar-refractivity contribution in [1.82, 2.24) is 5.32 Å². The molecule has 3 rings (SSSR count). The van der Waals surface area contributed by atoms with Gasteiger partial charge in [0.05, 0.1) is 10.6 Å². The van der Waals surface area contributed by atoms with Crippen LogP contribution in [-0.4, -0.2) is 23.6 Å². The summed E-state index contributed by atoms with van der Waals surface area (Å²) in [6, 6.07) is 14.8. The Hall–Kier alpha value is -3.06. The van der Waals surface area contributed by atoms with Gasteiger partial charge in [-0.05, 0) is 42.5 Å². The number of aliphatic imine (C=N–C) groups is 1. The normalized spacial score (nSPS) is 16.7. The third-order valence-electron chi connectivity index (χ3n) is 3.56. The molecule has 1 aliphatic rings. The zero-order chi connectivity index (χ0) is 18.5. The van der Waals surface area contributed by atoms with Crippen LogP contribution in [0.3, 0.4) is 0 Å². The molecule has 0 aromatic heterocycles. The first-order chi connectivity index (χ1) is 12.5. The van der Waals surface area contributed by atoms with E-state index in [0.29, 0.717) is 21.4 Å². The second kappa shape index (κ2) is 7.88. The molecule has 0 bridgehead atoms. The van der Waals surface area contributed by atoms with Crippen LogP contribution >= 0.6 is 11.8 Å². The zero-order valence-electron chi connectivity index (χ0n) is 14.1. The highest BCUT2D eigenvalue weighted by Crippen LogP contribution is 2.31. The fourth-order valence-electron chi connectivity index (χ4n) is 2.30. The Balaban J connectivity index is 1.83. The number of amidine groups is 1. The molecule has 1 saturated heterocycles. The molecule has 0 spiro atoms. The van der Waals surface area contributed by atoms with E-state index >= 15 is 0 Å². The number of hydrogen-bond acceptors (Lipinski definition) is 5. The van der Waals surface area contributed by atoms with Gasteiger partial charge in [-0.1, -0.05) is 36.4 Å². The van der Waals surface area contributed by atoms with Gasteiger partial charge in [0.15, 0.2) is 11.8 Å². The number of primary amides is 1. The minimum Gasteiger partial charge on any atom is -0.483 e. The number of hydrogen-bond donors (Lipinski definition) is 2. The molecule has 0 unspecified atom stereocenters. The SMILES string of the molecule is Cc1ccccc1N=C1NC(=O)/C(=C/c2ccccc2OCC(N)=O)S1. The van der Waals surface area contributed by atoms with Crippen LogP contribution in [-0.2, 0) is 9.59 Å². The molecule has 0 saturated carbocycles. The van der Waals surface area contributed by atoms with E-state index in [1.165, 1.54) is 11.8 Å². The summed E-state index contributed by atoms with van der Waals surface area (Å²) in [7, 11) is 0.